The molecule has 3 aromatic rings. The molecule has 1 aromatic carbocycles. The smallest absolute Gasteiger partial charge is 0.417 e. The molecule has 1 aliphatic heterocycles. The highest BCUT2D eigenvalue weighted by Gasteiger charge is 2.40. The molecule has 1 aliphatic rings. The van der Waals surface area contributed by atoms with E-state index in [0.717, 1.165) is 23.2 Å². The number of ether oxygens (including phenoxy) is 1. The van der Waals surface area contributed by atoms with Crippen LogP contribution in [0.25, 0.3) is 11.1 Å². The molecule has 0 radical (unpaired) electrons. The van der Waals surface area contributed by atoms with E-state index in [1.165, 1.54) is 25.4 Å². The number of nitrogens with one attached hydrogen (secondary N) is 1. The summed E-state index contributed by atoms with van der Waals surface area (Å²) in [6, 6.07) is 1.79. The van der Waals surface area contributed by atoms with Gasteiger partial charge in [-0.15, -0.1) is 0 Å². The monoisotopic (exact) mass is 528 g/mol. The number of carbonyl (C=O) groups excluding carboxylic acids is 1. The number of aromatic nitrogens is 4. The molecule has 0 spiro atoms. The minimum atomic E-state index is -4.62. The molecule has 8 nitrogen and oxygen atoms in total. The summed E-state index contributed by atoms with van der Waals surface area (Å²) in [6.07, 6.45) is -3.54. The van der Waals surface area contributed by atoms with E-state index in [0.29, 0.717) is 5.56 Å². The van der Waals surface area contributed by atoms with E-state index in [4.69, 9.17) is 16.3 Å². The van der Waals surface area contributed by atoms with Crippen molar-refractivity contribution in [2.45, 2.75) is 38.3 Å². The largest absolute Gasteiger partial charge is 0.447 e. The van der Waals surface area contributed by atoms with Crippen molar-refractivity contribution in [1.29, 1.82) is 0 Å². The van der Waals surface area contributed by atoms with Gasteiger partial charge in [-0.1, -0.05) is 17.7 Å². The topological polar surface area (TPSA) is 93.1 Å². The quantitative estimate of drug-likeness (QED) is 0.416. The van der Waals surface area contributed by atoms with Crippen molar-refractivity contribution in [3.05, 3.63) is 59.0 Å². The highest BCUT2D eigenvalue weighted by molar-refractivity contribution is 6.31. The number of anilines is 2. The molecule has 0 aliphatic carbocycles. The standard InChI is InChI=1S/C22H18ClF5N6O2/c1-10(24)17-9-36-21(35)34(17)19-16(25)8-31-20(33-19)32-11(2)18-29-6-13(7-30-18)12-3-4-15(23)14(5-12)22(26,27)28/h3-8,10-11,17H,9H2,1-2H3,(H,31,32,33)/t10-,11-,17+/m0/s1. The van der Waals surface area contributed by atoms with Gasteiger partial charge in [-0.25, -0.2) is 33.4 Å². The molecule has 0 bridgehead atoms. The lowest BCUT2D eigenvalue weighted by molar-refractivity contribution is -0.137. The maximum atomic E-state index is 14.4. The van der Waals surface area contributed by atoms with Crippen molar-refractivity contribution >= 4 is 29.5 Å². The summed E-state index contributed by atoms with van der Waals surface area (Å²) in [5, 5.41) is 2.43. The highest BCUT2D eigenvalue weighted by Crippen LogP contribution is 2.37. The Kier molecular flexibility index (Phi) is 6.94. The van der Waals surface area contributed by atoms with Gasteiger partial charge in [0.1, 0.15) is 24.6 Å². The molecule has 1 N–H and O–H groups in total. The number of amides is 1. The maximum absolute atomic E-state index is 14.4. The third kappa shape index (κ3) is 5.15. The lowest BCUT2D eigenvalue weighted by Crippen LogP contribution is -2.40. The van der Waals surface area contributed by atoms with Crippen LogP contribution < -0.4 is 10.2 Å². The van der Waals surface area contributed by atoms with Gasteiger partial charge in [-0.05, 0) is 31.5 Å². The molecule has 36 heavy (non-hydrogen) atoms. The van der Waals surface area contributed by atoms with Crippen molar-refractivity contribution in [1.82, 2.24) is 19.9 Å². The van der Waals surface area contributed by atoms with Crippen molar-refractivity contribution in [2.75, 3.05) is 16.8 Å². The van der Waals surface area contributed by atoms with Gasteiger partial charge in [0, 0.05) is 18.0 Å². The van der Waals surface area contributed by atoms with E-state index in [9.17, 15) is 26.7 Å². The number of rotatable bonds is 6. The molecule has 0 saturated carbocycles. The van der Waals surface area contributed by atoms with Gasteiger partial charge in [0.25, 0.3) is 0 Å². The predicted octanol–water partition coefficient (Wildman–Crippen LogP) is 5.60. The van der Waals surface area contributed by atoms with Crippen molar-refractivity contribution < 1.29 is 31.5 Å². The van der Waals surface area contributed by atoms with Crippen LogP contribution in [-0.4, -0.2) is 44.8 Å². The number of halogens is 6. The molecule has 3 atom stereocenters. The molecule has 14 heteroatoms. The number of cyclic esters (lactones) is 1. The van der Waals surface area contributed by atoms with Crippen LogP contribution in [0, 0.1) is 5.82 Å². The Labute approximate surface area is 206 Å². The second kappa shape index (κ2) is 9.80. The Morgan fingerprint density at radius 3 is 2.47 bits per heavy atom. The van der Waals surface area contributed by atoms with E-state index in [1.807, 2.05) is 0 Å². The zero-order valence-electron chi connectivity index (χ0n) is 18.7. The first-order chi connectivity index (χ1) is 17.0. The van der Waals surface area contributed by atoms with E-state index >= 15 is 0 Å². The lowest BCUT2D eigenvalue weighted by atomic mass is 10.1. The van der Waals surface area contributed by atoms with Crippen LogP contribution in [0.2, 0.25) is 5.02 Å². The molecule has 190 valence electrons. The number of nitrogens with zero attached hydrogens (tertiary/aromatic N) is 5. The summed E-state index contributed by atoms with van der Waals surface area (Å²) in [7, 11) is 0. The summed E-state index contributed by atoms with van der Waals surface area (Å²) < 4.78 is 72.6. The van der Waals surface area contributed by atoms with E-state index in [1.54, 1.807) is 6.92 Å². The number of hydrogen-bond donors (Lipinski definition) is 1. The van der Waals surface area contributed by atoms with Gasteiger partial charge in [0.2, 0.25) is 5.95 Å². The third-order valence-electron chi connectivity index (χ3n) is 5.40. The minimum absolute atomic E-state index is 0.0935. The Morgan fingerprint density at radius 2 is 1.83 bits per heavy atom. The van der Waals surface area contributed by atoms with Gasteiger partial charge in [0.05, 0.1) is 22.8 Å². The Hall–Kier alpha value is -3.61. The summed E-state index contributed by atoms with van der Waals surface area (Å²) >= 11 is 5.66. The van der Waals surface area contributed by atoms with Gasteiger partial charge < -0.3 is 10.1 Å². The first-order valence-corrected chi connectivity index (χ1v) is 10.9. The normalized spacial score (nSPS) is 17.6. The lowest BCUT2D eigenvalue weighted by Gasteiger charge is -2.22. The summed E-state index contributed by atoms with van der Waals surface area (Å²) in [5.41, 5.74) is -0.428. The molecule has 4 rings (SSSR count). The zero-order chi connectivity index (χ0) is 26.2. The van der Waals surface area contributed by atoms with Gasteiger partial charge >= 0.3 is 12.3 Å². The molecule has 2 aromatic heterocycles. The third-order valence-corrected chi connectivity index (χ3v) is 5.73. The molecule has 3 heterocycles. The van der Waals surface area contributed by atoms with Crippen LogP contribution >= 0.6 is 11.6 Å². The second-order valence-corrected chi connectivity index (χ2v) is 8.35. The summed E-state index contributed by atoms with van der Waals surface area (Å²) in [5.74, 6) is -1.26. The molecular formula is C22H18ClF5N6O2. The fraction of sp³-hybridized carbons (Fsp3) is 0.318. The minimum Gasteiger partial charge on any atom is -0.447 e. The van der Waals surface area contributed by atoms with Crippen molar-refractivity contribution in [2.24, 2.45) is 0 Å². The highest BCUT2D eigenvalue weighted by atomic mass is 35.5. The van der Waals surface area contributed by atoms with Crippen LogP contribution in [0.4, 0.5) is 38.5 Å². The zero-order valence-corrected chi connectivity index (χ0v) is 19.5. The number of benzene rings is 1. The number of alkyl halides is 4. The molecule has 0 unspecified atom stereocenters. The summed E-state index contributed by atoms with van der Waals surface area (Å²) in [6.45, 7) is 2.61. The average Bonchev–Trinajstić information content (AvgIpc) is 3.21. The van der Waals surface area contributed by atoms with Crippen LogP contribution in [-0.2, 0) is 10.9 Å². The molecule has 1 fully saturated rings. The van der Waals surface area contributed by atoms with Crippen molar-refractivity contribution in [3.63, 3.8) is 0 Å². The first kappa shape index (κ1) is 25.5. The Balaban J connectivity index is 1.53. The first-order valence-electron chi connectivity index (χ1n) is 10.5. The van der Waals surface area contributed by atoms with Crippen LogP contribution in [0.15, 0.2) is 36.8 Å². The SMILES string of the molecule is C[C@H](Nc1ncc(F)c(N2C(=O)OC[C@@H]2[C@H](C)F)n1)c1ncc(-c2ccc(Cl)c(C(F)(F)F)c2)cn1. The van der Waals surface area contributed by atoms with Gasteiger partial charge in [-0.2, -0.15) is 18.2 Å². The van der Waals surface area contributed by atoms with Gasteiger partial charge in [-0.3, -0.25) is 0 Å². The number of hydrogen-bond acceptors (Lipinski definition) is 7. The molecule has 1 saturated heterocycles. The van der Waals surface area contributed by atoms with Crippen LogP contribution in [0.3, 0.4) is 0 Å². The fourth-order valence-electron chi connectivity index (χ4n) is 3.51. The van der Waals surface area contributed by atoms with E-state index in [-0.39, 0.29) is 23.9 Å². The molecular weight excluding hydrogens is 511 g/mol. The van der Waals surface area contributed by atoms with Crippen LogP contribution in [0.5, 0.6) is 0 Å². The second-order valence-electron chi connectivity index (χ2n) is 7.95. The average molecular weight is 529 g/mol. The Bertz CT molecular complexity index is 1270. The predicted molar refractivity (Wildman–Crippen MR) is 120 cm³/mol. The maximum Gasteiger partial charge on any atom is 0.417 e. The van der Waals surface area contributed by atoms with E-state index in [2.05, 4.69) is 25.3 Å². The van der Waals surface area contributed by atoms with E-state index < -0.39 is 52.7 Å². The molecule has 1 amide bonds. The van der Waals surface area contributed by atoms with Crippen molar-refractivity contribution in [3.8, 4) is 11.1 Å². The Morgan fingerprint density at radius 1 is 1.14 bits per heavy atom. The van der Waals surface area contributed by atoms with Gasteiger partial charge in [0.15, 0.2) is 11.6 Å². The van der Waals surface area contributed by atoms with Crippen LogP contribution in [0.1, 0.15) is 31.3 Å². The number of carbonyl (C=O) groups is 1. The fourth-order valence-corrected chi connectivity index (χ4v) is 3.73. The summed E-state index contributed by atoms with van der Waals surface area (Å²) in [4.78, 5) is 29.0.